The summed E-state index contributed by atoms with van der Waals surface area (Å²) in [6.45, 7) is 2.14. The fourth-order valence-electron chi connectivity index (χ4n) is 3.10. The second-order valence-corrected chi connectivity index (χ2v) is 8.91. The molecule has 148 valence electrons. The number of hydrogen-bond acceptors (Lipinski definition) is 4. The number of para-hydroxylation sites is 2. The zero-order valence-electron chi connectivity index (χ0n) is 16.2. The minimum atomic E-state index is -0.177. The molecule has 0 unspecified atom stereocenters. The van der Waals surface area contributed by atoms with Gasteiger partial charge in [0.1, 0.15) is 5.82 Å². The third-order valence-electron chi connectivity index (χ3n) is 4.75. The summed E-state index contributed by atoms with van der Waals surface area (Å²) in [7, 11) is 0. The highest BCUT2D eigenvalue weighted by molar-refractivity contribution is 7.99. The summed E-state index contributed by atoms with van der Waals surface area (Å²) >= 11 is 3.54. The van der Waals surface area contributed by atoms with Crippen molar-refractivity contribution >= 4 is 34.6 Å². The van der Waals surface area contributed by atoms with Crippen LogP contribution in [0.2, 0.25) is 0 Å². The number of aromatic amines is 1. The van der Waals surface area contributed by atoms with E-state index < -0.39 is 0 Å². The molecule has 29 heavy (non-hydrogen) atoms. The Hall–Kier alpha value is -2.31. The summed E-state index contributed by atoms with van der Waals surface area (Å²) in [6.07, 6.45) is 3.91. The molecule has 1 N–H and O–H groups in total. The molecule has 0 saturated heterocycles. The summed E-state index contributed by atoms with van der Waals surface area (Å²) < 4.78 is 13.0. The van der Waals surface area contributed by atoms with Crippen molar-refractivity contribution in [2.75, 3.05) is 5.75 Å². The first kappa shape index (κ1) is 20.0. The van der Waals surface area contributed by atoms with Crippen molar-refractivity contribution in [2.24, 2.45) is 0 Å². The summed E-state index contributed by atoms with van der Waals surface area (Å²) in [5, 5.41) is 0.921. The van der Waals surface area contributed by atoms with Gasteiger partial charge in [-0.25, -0.2) is 9.37 Å². The van der Waals surface area contributed by atoms with Crippen molar-refractivity contribution < 1.29 is 4.39 Å². The first-order valence-electron chi connectivity index (χ1n) is 9.58. The molecular weight excluding hydrogens is 401 g/mol. The fourth-order valence-corrected chi connectivity index (χ4v) is 5.01. The lowest BCUT2D eigenvalue weighted by atomic mass is 10.1. The SMILES string of the molecule is Cc1c(SCCCc2ccc(F)cc2)ccnc1CSc1nc2ccccc2[nH]1. The van der Waals surface area contributed by atoms with Gasteiger partial charge < -0.3 is 4.98 Å². The van der Waals surface area contributed by atoms with Gasteiger partial charge in [-0.3, -0.25) is 4.98 Å². The number of rotatable bonds is 8. The van der Waals surface area contributed by atoms with Crippen LogP contribution < -0.4 is 0 Å². The van der Waals surface area contributed by atoms with Crippen LogP contribution in [0.15, 0.2) is 70.8 Å². The second-order valence-electron chi connectivity index (χ2n) is 6.81. The van der Waals surface area contributed by atoms with E-state index in [-0.39, 0.29) is 5.82 Å². The minimum absolute atomic E-state index is 0.177. The smallest absolute Gasteiger partial charge is 0.166 e. The highest BCUT2D eigenvalue weighted by Gasteiger charge is 2.09. The van der Waals surface area contributed by atoms with E-state index >= 15 is 0 Å². The lowest BCUT2D eigenvalue weighted by Gasteiger charge is -2.09. The first-order chi connectivity index (χ1) is 14.2. The van der Waals surface area contributed by atoms with Crippen LogP contribution in [0, 0.1) is 12.7 Å². The van der Waals surface area contributed by atoms with Crippen molar-refractivity contribution in [3.63, 3.8) is 0 Å². The van der Waals surface area contributed by atoms with E-state index in [1.165, 1.54) is 28.2 Å². The van der Waals surface area contributed by atoms with Crippen molar-refractivity contribution in [1.29, 1.82) is 0 Å². The van der Waals surface area contributed by atoms with Gasteiger partial charge in [0.05, 0.1) is 16.7 Å². The van der Waals surface area contributed by atoms with E-state index in [9.17, 15) is 4.39 Å². The van der Waals surface area contributed by atoms with E-state index in [2.05, 4.69) is 27.9 Å². The number of imidazole rings is 1. The van der Waals surface area contributed by atoms with Gasteiger partial charge >= 0.3 is 0 Å². The predicted octanol–water partition coefficient (Wildman–Crippen LogP) is 6.42. The molecule has 0 bridgehead atoms. The van der Waals surface area contributed by atoms with Crippen LogP contribution in [0.1, 0.15) is 23.2 Å². The molecule has 0 radical (unpaired) electrons. The number of pyridine rings is 1. The molecular formula is C23H22FN3S2. The molecule has 0 saturated carbocycles. The summed E-state index contributed by atoms with van der Waals surface area (Å²) in [4.78, 5) is 13.8. The Kier molecular flexibility index (Phi) is 6.52. The number of H-pyrrole nitrogens is 1. The van der Waals surface area contributed by atoms with E-state index in [4.69, 9.17) is 0 Å². The molecule has 6 heteroatoms. The molecule has 2 aromatic heterocycles. The molecule has 4 aromatic rings. The van der Waals surface area contributed by atoms with Gasteiger partial charge in [0.25, 0.3) is 0 Å². The van der Waals surface area contributed by atoms with E-state index in [1.807, 2.05) is 54.4 Å². The number of thioether (sulfide) groups is 2. The van der Waals surface area contributed by atoms with Crippen LogP contribution in [0.3, 0.4) is 0 Å². The van der Waals surface area contributed by atoms with Crippen molar-refractivity contribution in [3.8, 4) is 0 Å². The van der Waals surface area contributed by atoms with Crippen LogP contribution in [0.5, 0.6) is 0 Å². The topological polar surface area (TPSA) is 41.6 Å². The van der Waals surface area contributed by atoms with Gasteiger partial charge in [0.15, 0.2) is 5.16 Å². The van der Waals surface area contributed by atoms with Crippen LogP contribution >= 0.6 is 23.5 Å². The lowest BCUT2D eigenvalue weighted by molar-refractivity contribution is 0.627. The average Bonchev–Trinajstić information content (AvgIpc) is 3.15. The monoisotopic (exact) mass is 423 g/mol. The second kappa shape index (κ2) is 9.46. The number of hydrogen-bond donors (Lipinski definition) is 1. The average molecular weight is 424 g/mol. The number of nitrogens with zero attached hydrogens (tertiary/aromatic N) is 2. The minimum Gasteiger partial charge on any atom is -0.333 e. The molecule has 0 aliphatic rings. The van der Waals surface area contributed by atoms with Gasteiger partial charge in [-0.15, -0.1) is 11.8 Å². The van der Waals surface area contributed by atoms with Crippen LogP contribution in [-0.4, -0.2) is 20.7 Å². The lowest BCUT2D eigenvalue weighted by Crippen LogP contribution is -1.95. The van der Waals surface area contributed by atoms with Gasteiger partial charge in [-0.1, -0.05) is 36.0 Å². The molecule has 0 aliphatic heterocycles. The highest BCUT2D eigenvalue weighted by Crippen LogP contribution is 2.28. The zero-order chi connectivity index (χ0) is 20.1. The maximum absolute atomic E-state index is 13.0. The third kappa shape index (κ3) is 5.19. The number of halogens is 1. The Morgan fingerprint density at radius 2 is 1.83 bits per heavy atom. The highest BCUT2D eigenvalue weighted by atomic mass is 32.2. The Bertz CT molecular complexity index is 1060. The van der Waals surface area contributed by atoms with Crippen molar-refractivity contribution in [2.45, 2.75) is 35.6 Å². The van der Waals surface area contributed by atoms with Gasteiger partial charge in [-0.2, -0.15) is 0 Å². The molecule has 2 heterocycles. The Labute approximate surface area is 178 Å². The molecule has 3 nitrogen and oxygen atoms in total. The largest absolute Gasteiger partial charge is 0.333 e. The predicted molar refractivity (Wildman–Crippen MR) is 120 cm³/mol. The third-order valence-corrected chi connectivity index (χ3v) is 6.88. The molecule has 0 fully saturated rings. The number of aromatic nitrogens is 3. The molecule has 0 atom stereocenters. The quantitative estimate of drug-likeness (QED) is 0.262. The summed E-state index contributed by atoms with van der Waals surface area (Å²) in [5.41, 5.74) is 5.57. The maximum atomic E-state index is 13.0. The Morgan fingerprint density at radius 1 is 1.00 bits per heavy atom. The normalized spacial score (nSPS) is 11.2. The van der Waals surface area contributed by atoms with Crippen molar-refractivity contribution in [1.82, 2.24) is 15.0 Å². The maximum Gasteiger partial charge on any atom is 0.166 e. The van der Waals surface area contributed by atoms with E-state index in [0.717, 1.165) is 46.2 Å². The Morgan fingerprint density at radius 3 is 2.66 bits per heavy atom. The number of fused-ring (bicyclic) bond motifs is 1. The molecule has 0 spiro atoms. The van der Waals surface area contributed by atoms with Gasteiger partial charge in [0, 0.05) is 16.8 Å². The van der Waals surface area contributed by atoms with Crippen LogP contribution in [-0.2, 0) is 12.2 Å². The number of nitrogens with one attached hydrogen (secondary N) is 1. The number of benzene rings is 2. The van der Waals surface area contributed by atoms with Gasteiger partial charge in [-0.05, 0) is 67.0 Å². The fraction of sp³-hybridized carbons (Fsp3) is 0.217. The number of aryl methyl sites for hydroxylation is 1. The molecule has 0 aliphatic carbocycles. The van der Waals surface area contributed by atoms with Crippen molar-refractivity contribution in [3.05, 3.63) is 83.4 Å². The molecule has 2 aromatic carbocycles. The van der Waals surface area contributed by atoms with Crippen LogP contribution in [0.25, 0.3) is 11.0 Å². The van der Waals surface area contributed by atoms with Crippen LogP contribution in [0.4, 0.5) is 4.39 Å². The standard InChI is InChI=1S/C23H22FN3S2/c1-16-21(15-29-23-26-19-6-2-3-7-20(19)27-23)25-13-12-22(16)28-14-4-5-17-8-10-18(24)11-9-17/h2-3,6-13H,4-5,14-15H2,1H3,(H,26,27). The molecule has 4 rings (SSSR count). The Balaban J connectivity index is 1.32. The zero-order valence-corrected chi connectivity index (χ0v) is 17.8. The summed E-state index contributed by atoms with van der Waals surface area (Å²) in [5.74, 6) is 1.64. The van der Waals surface area contributed by atoms with E-state index in [0.29, 0.717) is 0 Å². The van der Waals surface area contributed by atoms with E-state index in [1.54, 1.807) is 11.8 Å². The summed E-state index contributed by atoms with van der Waals surface area (Å²) in [6, 6.07) is 16.9. The van der Waals surface area contributed by atoms with Gasteiger partial charge in [0.2, 0.25) is 0 Å². The first-order valence-corrected chi connectivity index (χ1v) is 11.6. The molecule has 0 amide bonds.